The molecule has 0 unspecified atom stereocenters. The minimum atomic E-state index is -1.06. The van der Waals surface area contributed by atoms with Crippen LogP contribution in [0.1, 0.15) is 11.9 Å². The Morgan fingerprint density at radius 3 is 2.86 bits per heavy atom. The molecule has 1 aliphatic rings. The zero-order valence-corrected chi connectivity index (χ0v) is 12.8. The molecule has 2 aromatic rings. The molecule has 1 aliphatic heterocycles. The molecule has 2 aromatic heterocycles. The van der Waals surface area contributed by atoms with Gasteiger partial charge >= 0.3 is 0 Å². The summed E-state index contributed by atoms with van der Waals surface area (Å²) in [5.74, 6) is 1.06. The van der Waals surface area contributed by atoms with Crippen molar-refractivity contribution in [2.24, 2.45) is 0 Å². The predicted octanol–water partition coefficient (Wildman–Crippen LogP) is -0.521. The van der Waals surface area contributed by atoms with Gasteiger partial charge < -0.3 is 20.1 Å². The van der Waals surface area contributed by atoms with E-state index in [0.29, 0.717) is 22.7 Å². The van der Waals surface area contributed by atoms with E-state index in [1.165, 1.54) is 24.4 Å². The second-order valence-electron chi connectivity index (χ2n) is 5.13. The van der Waals surface area contributed by atoms with Crippen molar-refractivity contribution in [1.29, 1.82) is 0 Å². The largest absolute Gasteiger partial charge is 0.396 e. The first-order valence-corrected chi connectivity index (χ1v) is 8.13. The van der Waals surface area contributed by atoms with Crippen molar-refractivity contribution in [3.05, 3.63) is 18.3 Å². The summed E-state index contributed by atoms with van der Waals surface area (Å²) in [5, 5.41) is 29.2. The van der Waals surface area contributed by atoms with Gasteiger partial charge in [-0.2, -0.15) is 11.8 Å². The van der Waals surface area contributed by atoms with Gasteiger partial charge in [-0.05, 0) is 6.92 Å². The van der Waals surface area contributed by atoms with Crippen molar-refractivity contribution in [2.45, 2.75) is 31.5 Å². The average Bonchev–Trinajstić information content (AvgIpc) is 3.05. The van der Waals surface area contributed by atoms with E-state index in [9.17, 15) is 10.2 Å². The molecule has 0 aromatic carbocycles. The number of fused-ring (bicyclic) bond motifs is 1. The number of hydrogen-bond acceptors (Lipinski definition) is 8. The van der Waals surface area contributed by atoms with Crippen LogP contribution in [0.4, 0.5) is 0 Å². The number of hydrogen-bond donors (Lipinski definition) is 3. The van der Waals surface area contributed by atoms with Crippen LogP contribution >= 0.6 is 11.8 Å². The highest BCUT2D eigenvalue weighted by Gasteiger charge is 2.44. The van der Waals surface area contributed by atoms with Crippen molar-refractivity contribution in [3.8, 4) is 0 Å². The number of nitrogens with zero attached hydrogens (tertiary/aromatic N) is 4. The predicted molar refractivity (Wildman–Crippen MR) is 80.4 cm³/mol. The van der Waals surface area contributed by atoms with Gasteiger partial charge in [0.05, 0.1) is 24.7 Å². The number of ether oxygens (including phenoxy) is 1. The van der Waals surface area contributed by atoms with E-state index >= 15 is 0 Å². The van der Waals surface area contributed by atoms with Gasteiger partial charge in [-0.25, -0.2) is 15.0 Å². The van der Waals surface area contributed by atoms with E-state index in [-0.39, 0.29) is 6.61 Å². The Bertz CT molecular complexity index is 652. The molecule has 4 atom stereocenters. The van der Waals surface area contributed by atoms with Gasteiger partial charge in [0.25, 0.3) is 0 Å². The quantitative estimate of drug-likeness (QED) is 0.629. The molecule has 3 heterocycles. The maximum atomic E-state index is 10.3. The number of thioether (sulfide) groups is 1. The second kappa shape index (κ2) is 6.47. The van der Waals surface area contributed by atoms with Gasteiger partial charge in [0.15, 0.2) is 11.9 Å². The smallest absolute Gasteiger partial charge is 0.165 e. The molecule has 0 amide bonds. The molecule has 120 valence electrons. The first kappa shape index (κ1) is 15.6. The standard InChI is InChI=1S/C13H18N4O4S/c1-7-9-12(15-5-14-7)17(6-16-9)13-11(20)10(19)8(21-13)4-22-3-2-18/h5-6,8,10-11,13,18-20H,2-4H2,1H3/t8-,10-,11-,13-/m1/s1. The Balaban J connectivity index is 1.83. The molecule has 0 aliphatic carbocycles. The highest BCUT2D eigenvalue weighted by atomic mass is 32.2. The third-order valence-corrected chi connectivity index (χ3v) is 4.71. The Morgan fingerprint density at radius 2 is 2.09 bits per heavy atom. The summed E-state index contributed by atoms with van der Waals surface area (Å²) in [5.41, 5.74) is 1.95. The van der Waals surface area contributed by atoms with E-state index in [1.54, 1.807) is 4.57 Å². The number of aliphatic hydroxyl groups is 3. The number of aliphatic hydroxyl groups excluding tert-OH is 3. The van der Waals surface area contributed by atoms with Crippen LogP contribution in [0.15, 0.2) is 12.7 Å². The summed E-state index contributed by atoms with van der Waals surface area (Å²) >= 11 is 1.47. The number of aromatic nitrogens is 4. The molecule has 1 fully saturated rings. The topological polar surface area (TPSA) is 114 Å². The van der Waals surface area contributed by atoms with Gasteiger partial charge in [0.2, 0.25) is 0 Å². The monoisotopic (exact) mass is 326 g/mol. The van der Waals surface area contributed by atoms with Crippen LogP contribution < -0.4 is 0 Å². The summed E-state index contributed by atoms with van der Waals surface area (Å²) in [6.07, 6.45) is -0.326. The normalized spacial score (nSPS) is 28.5. The van der Waals surface area contributed by atoms with Crippen molar-refractivity contribution < 1.29 is 20.1 Å². The van der Waals surface area contributed by atoms with Crippen LogP contribution in [0.25, 0.3) is 11.2 Å². The lowest BCUT2D eigenvalue weighted by Gasteiger charge is -2.16. The van der Waals surface area contributed by atoms with Crippen molar-refractivity contribution >= 4 is 22.9 Å². The van der Waals surface area contributed by atoms with Crippen LogP contribution in [0.5, 0.6) is 0 Å². The van der Waals surface area contributed by atoms with Crippen molar-refractivity contribution in [1.82, 2.24) is 19.5 Å². The van der Waals surface area contributed by atoms with Gasteiger partial charge in [-0.3, -0.25) is 4.57 Å². The summed E-state index contributed by atoms with van der Waals surface area (Å²) in [6.45, 7) is 1.90. The lowest BCUT2D eigenvalue weighted by molar-refractivity contribution is -0.0289. The van der Waals surface area contributed by atoms with Crippen LogP contribution in [0.2, 0.25) is 0 Å². The molecule has 3 N–H and O–H groups in total. The summed E-state index contributed by atoms with van der Waals surface area (Å²) < 4.78 is 7.40. The third kappa shape index (κ3) is 2.70. The summed E-state index contributed by atoms with van der Waals surface area (Å²) in [7, 11) is 0. The lowest BCUT2D eigenvalue weighted by Crippen LogP contribution is -2.32. The Kier molecular flexibility index (Phi) is 4.59. The summed E-state index contributed by atoms with van der Waals surface area (Å²) in [6, 6.07) is 0. The van der Waals surface area contributed by atoms with Crippen LogP contribution in [-0.2, 0) is 4.74 Å². The number of rotatable bonds is 5. The Morgan fingerprint density at radius 1 is 1.27 bits per heavy atom. The lowest BCUT2D eigenvalue weighted by atomic mass is 10.1. The molecule has 0 spiro atoms. The molecule has 9 heteroatoms. The number of imidazole rings is 1. The minimum absolute atomic E-state index is 0.0712. The molecular formula is C13H18N4O4S. The van der Waals surface area contributed by atoms with Gasteiger partial charge in [-0.1, -0.05) is 0 Å². The molecular weight excluding hydrogens is 308 g/mol. The van der Waals surface area contributed by atoms with Crippen molar-refractivity contribution in [3.63, 3.8) is 0 Å². The fourth-order valence-electron chi connectivity index (χ4n) is 2.52. The van der Waals surface area contributed by atoms with E-state index in [0.717, 1.165) is 5.69 Å². The van der Waals surface area contributed by atoms with Gasteiger partial charge in [0, 0.05) is 11.5 Å². The molecule has 22 heavy (non-hydrogen) atoms. The Labute approximate surface area is 131 Å². The fraction of sp³-hybridized carbons (Fsp3) is 0.615. The molecule has 0 radical (unpaired) electrons. The van der Waals surface area contributed by atoms with E-state index < -0.39 is 24.5 Å². The van der Waals surface area contributed by atoms with Crippen LogP contribution in [0.3, 0.4) is 0 Å². The zero-order valence-electron chi connectivity index (χ0n) is 12.0. The molecule has 0 saturated carbocycles. The second-order valence-corrected chi connectivity index (χ2v) is 6.28. The third-order valence-electron chi connectivity index (χ3n) is 3.67. The van der Waals surface area contributed by atoms with Crippen LogP contribution in [0, 0.1) is 6.92 Å². The molecule has 1 saturated heterocycles. The molecule has 3 rings (SSSR count). The van der Waals surface area contributed by atoms with E-state index in [4.69, 9.17) is 9.84 Å². The average molecular weight is 326 g/mol. The minimum Gasteiger partial charge on any atom is -0.396 e. The van der Waals surface area contributed by atoms with Crippen LogP contribution in [-0.4, -0.2) is 71.3 Å². The highest BCUT2D eigenvalue weighted by Crippen LogP contribution is 2.32. The van der Waals surface area contributed by atoms with E-state index in [1.807, 2.05) is 6.92 Å². The van der Waals surface area contributed by atoms with Gasteiger partial charge in [-0.15, -0.1) is 0 Å². The highest BCUT2D eigenvalue weighted by molar-refractivity contribution is 7.99. The first-order chi connectivity index (χ1) is 10.6. The fourth-order valence-corrected chi connectivity index (χ4v) is 3.32. The first-order valence-electron chi connectivity index (χ1n) is 6.98. The summed E-state index contributed by atoms with van der Waals surface area (Å²) in [4.78, 5) is 12.5. The Hall–Kier alpha value is -1.26. The van der Waals surface area contributed by atoms with Gasteiger partial charge in [0.1, 0.15) is 24.1 Å². The maximum Gasteiger partial charge on any atom is 0.165 e. The number of aryl methyl sites for hydroxylation is 1. The molecule has 8 nitrogen and oxygen atoms in total. The molecule has 0 bridgehead atoms. The SMILES string of the molecule is Cc1ncnc2c1ncn2[C@@H]1O[C@H](CSCCO)[C@@H](O)[C@H]1O. The zero-order chi connectivity index (χ0) is 15.7. The van der Waals surface area contributed by atoms with E-state index in [2.05, 4.69) is 15.0 Å². The maximum absolute atomic E-state index is 10.3. The van der Waals surface area contributed by atoms with Crippen molar-refractivity contribution in [2.75, 3.05) is 18.1 Å².